The summed E-state index contributed by atoms with van der Waals surface area (Å²) in [5.41, 5.74) is 0. The zero-order chi connectivity index (χ0) is 8.10. The second-order valence-electron chi connectivity index (χ2n) is 2.48. The van der Waals surface area contributed by atoms with Gasteiger partial charge in [0.25, 0.3) is 0 Å². The third-order valence-corrected chi connectivity index (χ3v) is 1.65. The number of carbonyl (C=O) groups is 1. The smallest absolute Gasteiger partial charge is 0.438 e. The van der Waals surface area contributed by atoms with Crippen LogP contribution >= 0.6 is 0 Å². The molecule has 0 saturated carbocycles. The van der Waals surface area contributed by atoms with Crippen LogP contribution in [0.5, 0.6) is 0 Å². The third kappa shape index (κ3) is 2.62. The molecule has 1 rings (SSSR count). The Kier molecular flexibility index (Phi) is 2.95. The molecule has 1 atom stereocenters. The van der Waals surface area contributed by atoms with Crippen molar-refractivity contribution in [3.63, 3.8) is 0 Å². The van der Waals surface area contributed by atoms with E-state index >= 15 is 0 Å². The molecular formula is C8H12O3. The quantitative estimate of drug-likeness (QED) is 0.429. The van der Waals surface area contributed by atoms with Crippen LogP contribution < -0.4 is 0 Å². The van der Waals surface area contributed by atoms with Gasteiger partial charge in [-0.1, -0.05) is 12.2 Å². The molecule has 1 aliphatic rings. The van der Waals surface area contributed by atoms with E-state index < -0.39 is 6.16 Å². The first-order chi connectivity index (χ1) is 5.33. The van der Waals surface area contributed by atoms with Crippen LogP contribution in [0.1, 0.15) is 19.3 Å². The molecule has 0 aromatic carbocycles. The molecule has 0 radical (unpaired) electrons. The monoisotopic (exact) mass is 156 g/mol. The summed E-state index contributed by atoms with van der Waals surface area (Å²) in [4.78, 5) is 10.6. The Balaban J connectivity index is 2.26. The molecule has 0 aliphatic heterocycles. The Bertz CT molecular complexity index is 163. The summed E-state index contributed by atoms with van der Waals surface area (Å²) in [6.45, 7) is 0. The van der Waals surface area contributed by atoms with Gasteiger partial charge < -0.3 is 9.47 Å². The van der Waals surface area contributed by atoms with E-state index in [1.807, 2.05) is 6.08 Å². The molecule has 0 bridgehead atoms. The molecule has 0 amide bonds. The minimum atomic E-state index is -0.578. The van der Waals surface area contributed by atoms with Crippen molar-refractivity contribution in [3.05, 3.63) is 12.2 Å². The third-order valence-electron chi connectivity index (χ3n) is 1.65. The summed E-state index contributed by atoms with van der Waals surface area (Å²) in [5, 5.41) is 0. The molecule has 0 heterocycles. The molecule has 3 nitrogen and oxygen atoms in total. The predicted molar refractivity (Wildman–Crippen MR) is 40.3 cm³/mol. The second kappa shape index (κ2) is 4.01. The minimum absolute atomic E-state index is 0.0208. The maximum absolute atomic E-state index is 10.6. The average Bonchev–Trinajstić information content (AvgIpc) is 2.06. The van der Waals surface area contributed by atoms with Crippen LogP contribution in [-0.2, 0) is 9.47 Å². The molecule has 3 heteroatoms. The van der Waals surface area contributed by atoms with Crippen LogP contribution in [0.25, 0.3) is 0 Å². The van der Waals surface area contributed by atoms with E-state index in [0.717, 1.165) is 19.3 Å². The first kappa shape index (κ1) is 8.11. The van der Waals surface area contributed by atoms with Crippen LogP contribution in [0.3, 0.4) is 0 Å². The van der Waals surface area contributed by atoms with Crippen molar-refractivity contribution < 1.29 is 14.3 Å². The number of methoxy groups -OCH3 is 1. The highest BCUT2D eigenvalue weighted by Gasteiger charge is 2.14. The first-order valence-electron chi connectivity index (χ1n) is 3.72. The van der Waals surface area contributed by atoms with Crippen molar-refractivity contribution in [2.75, 3.05) is 7.11 Å². The molecule has 0 spiro atoms. The number of carbonyl (C=O) groups excluding carboxylic acids is 1. The summed E-state index contributed by atoms with van der Waals surface area (Å²) in [6.07, 6.45) is 6.27. The van der Waals surface area contributed by atoms with E-state index in [1.165, 1.54) is 7.11 Å². The number of hydrogen-bond acceptors (Lipinski definition) is 3. The van der Waals surface area contributed by atoms with Gasteiger partial charge in [-0.25, -0.2) is 4.79 Å². The summed E-state index contributed by atoms with van der Waals surface area (Å²) in [7, 11) is 1.32. The fraction of sp³-hybridized carbons (Fsp3) is 0.625. The lowest BCUT2D eigenvalue weighted by Gasteiger charge is -2.16. The average molecular weight is 156 g/mol. The van der Waals surface area contributed by atoms with Gasteiger partial charge in [-0.2, -0.15) is 0 Å². The maximum Gasteiger partial charge on any atom is 0.508 e. The van der Waals surface area contributed by atoms with Gasteiger partial charge in [-0.15, -0.1) is 0 Å². The second-order valence-corrected chi connectivity index (χ2v) is 2.48. The van der Waals surface area contributed by atoms with Gasteiger partial charge in [0.15, 0.2) is 0 Å². The zero-order valence-electron chi connectivity index (χ0n) is 6.58. The number of allylic oxidation sites excluding steroid dienone is 1. The highest BCUT2D eigenvalue weighted by atomic mass is 16.7. The standard InChI is InChI=1S/C8H12O3/c1-10-8(9)11-7-5-3-2-4-6-7/h2-3,7H,4-6H2,1H3. The van der Waals surface area contributed by atoms with Crippen molar-refractivity contribution in [1.82, 2.24) is 0 Å². The molecule has 1 unspecified atom stereocenters. The van der Waals surface area contributed by atoms with E-state index in [-0.39, 0.29) is 6.10 Å². The lowest BCUT2D eigenvalue weighted by atomic mass is 10.1. The van der Waals surface area contributed by atoms with Gasteiger partial charge in [0, 0.05) is 6.42 Å². The van der Waals surface area contributed by atoms with Gasteiger partial charge in [0.1, 0.15) is 6.10 Å². The Morgan fingerprint density at radius 2 is 2.36 bits per heavy atom. The molecule has 0 fully saturated rings. The van der Waals surface area contributed by atoms with Crippen LogP contribution in [0, 0.1) is 0 Å². The van der Waals surface area contributed by atoms with Crippen molar-refractivity contribution in [2.24, 2.45) is 0 Å². The summed E-state index contributed by atoms with van der Waals surface area (Å²) < 4.78 is 9.30. The van der Waals surface area contributed by atoms with Crippen molar-refractivity contribution in [2.45, 2.75) is 25.4 Å². The van der Waals surface area contributed by atoms with Gasteiger partial charge in [-0.3, -0.25) is 0 Å². The molecule has 0 aromatic heterocycles. The number of ether oxygens (including phenoxy) is 2. The summed E-state index contributed by atoms with van der Waals surface area (Å²) >= 11 is 0. The Labute approximate surface area is 66.0 Å². The lowest BCUT2D eigenvalue weighted by molar-refractivity contribution is 0.0339. The van der Waals surface area contributed by atoms with Crippen molar-refractivity contribution in [3.8, 4) is 0 Å². The van der Waals surface area contributed by atoms with Crippen LogP contribution in [0.15, 0.2) is 12.2 Å². The minimum Gasteiger partial charge on any atom is -0.438 e. The Hall–Kier alpha value is -0.990. The van der Waals surface area contributed by atoms with Gasteiger partial charge in [-0.05, 0) is 12.8 Å². The van der Waals surface area contributed by atoms with E-state index in [0.29, 0.717) is 0 Å². The van der Waals surface area contributed by atoms with Crippen LogP contribution in [-0.4, -0.2) is 19.4 Å². The van der Waals surface area contributed by atoms with Gasteiger partial charge in [0.2, 0.25) is 0 Å². The summed E-state index contributed by atoms with van der Waals surface area (Å²) in [6, 6.07) is 0. The SMILES string of the molecule is COC(=O)OC1CC=CCC1. The molecule has 0 aromatic rings. The fourth-order valence-corrected chi connectivity index (χ4v) is 1.06. The van der Waals surface area contributed by atoms with Gasteiger partial charge in [0.05, 0.1) is 7.11 Å². The molecule has 62 valence electrons. The predicted octanol–water partition coefficient (Wildman–Crippen LogP) is 1.88. The molecule has 0 N–H and O–H groups in total. The topological polar surface area (TPSA) is 35.5 Å². The maximum atomic E-state index is 10.6. The fourth-order valence-electron chi connectivity index (χ4n) is 1.06. The molecule has 11 heavy (non-hydrogen) atoms. The highest BCUT2D eigenvalue weighted by molar-refractivity contribution is 5.59. The molecular weight excluding hydrogens is 144 g/mol. The van der Waals surface area contributed by atoms with E-state index in [4.69, 9.17) is 4.74 Å². The Morgan fingerprint density at radius 1 is 1.55 bits per heavy atom. The first-order valence-corrected chi connectivity index (χ1v) is 3.72. The lowest BCUT2D eigenvalue weighted by Crippen LogP contribution is -2.18. The van der Waals surface area contributed by atoms with Gasteiger partial charge >= 0.3 is 6.16 Å². The van der Waals surface area contributed by atoms with E-state index in [9.17, 15) is 4.79 Å². The number of hydrogen-bond donors (Lipinski definition) is 0. The molecule has 1 aliphatic carbocycles. The van der Waals surface area contributed by atoms with Crippen LogP contribution in [0.2, 0.25) is 0 Å². The normalized spacial score (nSPS) is 22.8. The van der Waals surface area contributed by atoms with Crippen molar-refractivity contribution >= 4 is 6.16 Å². The Morgan fingerprint density at radius 3 is 2.91 bits per heavy atom. The molecule has 0 saturated heterocycles. The largest absolute Gasteiger partial charge is 0.508 e. The number of rotatable bonds is 1. The summed E-state index contributed by atoms with van der Waals surface area (Å²) in [5.74, 6) is 0. The highest BCUT2D eigenvalue weighted by Crippen LogP contribution is 2.14. The van der Waals surface area contributed by atoms with E-state index in [1.54, 1.807) is 0 Å². The van der Waals surface area contributed by atoms with Crippen molar-refractivity contribution in [1.29, 1.82) is 0 Å². The van der Waals surface area contributed by atoms with Crippen LogP contribution in [0.4, 0.5) is 4.79 Å². The van der Waals surface area contributed by atoms with E-state index in [2.05, 4.69) is 10.8 Å². The zero-order valence-corrected chi connectivity index (χ0v) is 6.58.